The highest BCUT2D eigenvalue weighted by atomic mass is 16.5. The van der Waals surface area contributed by atoms with Crippen LogP contribution in [0.4, 0.5) is 0 Å². The number of rotatable bonds is 5. The summed E-state index contributed by atoms with van der Waals surface area (Å²) in [5.74, 6) is 0.0196. The monoisotopic (exact) mass is 372 g/mol. The van der Waals surface area contributed by atoms with Crippen LogP contribution in [-0.4, -0.2) is 57.2 Å². The fourth-order valence-corrected chi connectivity index (χ4v) is 3.35. The molecule has 0 radical (unpaired) electrons. The highest BCUT2D eigenvalue weighted by Gasteiger charge is 2.43. The van der Waals surface area contributed by atoms with Crippen LogP contribution in [0.3, 0.4) is 0 Å². The summed E-state index contributed by atoms with van der Waals surface area (Å²) in [6.07, 6.45) is -5.22. The second-order valence-electron chi connectivity index (χ2n) is 6.92. The smallest absolute Gasteiger partial charge is 0.159 e. The lowest BCUT2D eigenvalue weighted by atomic mass is 9.90. The Kier molecular flexibility index (Phi) is 6.04. The number of aliphatic hydroxyl groups excluding tert-OH is 4. The number of carbonyl (C=O) groups excluding carboxylic acids is 1. The molecule has 0 spiro atoms. The number of ether oxygens (including phenoxy) is 1. The van der Waals surface area contributed by atoms with Crippen molar-refractivity contribution < 1.29 is 30.0 Å². The maximum absolute atomic E-state index is 11.4. The number of hydrogen-bond acceptors (Lipinski definition) is 6. The number of aliphatic hydroxyl groups is 4. The summed E-state index contributed by atoms with van der Waals surface area (Å²) in [5, 5.41) is 39.5. The van der Waals surface area contributed by atoms with E-state index in [0.29, 0.717) is 17.5 Å². The summed E-state index contributed by atoms with van der Waals surface area (Å²) < 4.78 is 5.62. The lowest BCUT2D eigenvalue weighted by Gasteiger charge is -2.40. The van der Waals surface area contributed by atoms with Crippen molar-refractivity contribution in [1.29, 1.82) is 0 Å². The molecule has 0 bridgehead atoms. The van der Waals surface area contributed by atoms with E-state index in [-0.39, 0.29) is 5.78 Å². The van der Waals surface area contributed by atoms with Crippen molar-refractivity contribution in [3.05, 3.63) is 70.8 Å². The first-order valence-electron chi connectivity index (χ1n) is 8.90. The number of Topliss-reactive ketones (excluding diaryl/α,β-unsaturated/α-hetero) is 1. The molecule has 0 aliphatic carbocycles. The van der Waals surface area contributed by atoms with E-state index in [1.165, 1.54) is 6.92 Å². The van der Waals surface area contributed by atoms with E-state index in [0.717, 1.165) is 11.1 Å². The number of carbonyl (C=O) groups is 1. The molecule has 3 rings (SSSR count). The molecule has 4 N–H and O–H groups in total. The molecule has 6 nitrogen and oxygen atoms in total. The van der Waals surface area contributed by atoms with Gasteiger partial charge in [-0.25, -0.2) is 0 Å². The van der Waals surface area contributed by atoms with Crippen LogP contribution in [-0.2, 0) is 11.2 Å². The van der Waals surface area contributed by atoms with Crippen LogP contribution >= 0.6 is 0 Å². The molecule has 1 fully saturated rings. The van der Waals surface area contributed by atoms with Gasteiger partial charge in [-0.1, -0.05) is 48.5 Å². The maximum Gasteiger partial charge on any atom is 0.159 e. The maximum atomic E-state index is 11.4. The second kappa shape index (κ2) is 8.29. The Balaban J connectivity index is 1.79. The fraction of sp³-hybridized carbons (Fsp3) is 0.381. The van der Waals surface area contributed by atoms with Gasteiger partial charge in [-0.05, 0) is 30.0 Å². The summed E-state index contributed by atoms with van der Waals surface area (Å²) >= 11 is 0. The van der Waals surface area contributed by atoms with Gasteiger partial charge >= 0.3 is 0 Å². The normalized spacial score (nSPS) is 28.1. The SMILES string of the molecule is CC(=O)c1ccc(Cc2cccc(C3OC(CO)C(O)C(O)C3O)c2)cc1. The van der Waals surface area contributed by atoms with Gasteiger partial charge in [0.05, 0.1) is 6.61 Å². The Morgan fingerprint density at radius 1 is 0.963 bits per heavy atom. The largest absolute Gasteiger partial charge is 0.394 e. The third-order valence-electron chi connectivity index (χ3n) is 4.94. The lowest BCUT2D eigenvalue weighted by Crippen LogP contribution is -2.55. The van der Waals surface area contributed by atoms with Gasteiger partial charge in [0.1, 0.15) is 30.5 Å². The van der Waals surface area contributed by atoms with E-state index in [1.54, 1.807) is 18.2 Å². The van der Waals surface area contributed by atoms with Crippen molar-refractivity contribution in [3.8, 4) is 0 Å². The second-order valence-corrected chi connectivity index (χ2v) is 6.92. The molecule has 2 aromatic rings. The molecule has 27 heavy (non-hydrogen) atoms. The van der Waals surface area contributed by atoms with Crippen LogP contribution in [0.25, 0.3) is 0 Å². The van der Waals surface area contributed by atoms with Crippen molar-refractivity contribution >= 4 is 5.78 Å². The van der Waals surface area contributed by atoms with Gasteiger partial charge in [-0.2, -0.15) is 0 Å². The lowest BCUT2D eigenvalue weighted by molar-refractivity contribution is -0.231. The topological polar surface area (TPSA) is 107 Å². The van der Waals surface area contributed by atoms with Gasteiger partial charge in [0.25, 0.3) is 0 Å². The van der Waals surface area contributed by atoms with E-state index >= 15 is 0 Å². The Hall–Kier alpha value is -2.09. The van der Waals surface area contributed by atoms with Gasteiger partial charge in [-0.15, -0.1) is 0 Å². The van der Waals surface area contributed by atoms with Crippen molar-refractivity contribution in [1.82, 2.24) is 0 Å². The summed E-state index contributed by atoms with van der Waals surface area (Å²) in [6.45, 7) is 1.07. The van der Waals surface area contributed by atoms with Crippen LogP contribution in [0, 0.1) is 0 Å². The molecule has 5 atom stereocenters. The highest BCUT2D eigenvalue weighted by molar-refractivity contribution is 5.94. The zero-order chi connectivity index (χ0) is 19.6. The van der Waals surface area contributed by atoms with Gasteiger partial charge in [-0.3, -0.25) is 4.79 Å². The molecule has 144 valence electrons. The zero-order valence-electron chi connectivity index (χ0n) is 15.0. The molecule has 0 amide bonds. The number of benzene rings is 2. The summed E-state index contributed by atoms with van der Waals surface area (Å²) in [7, 11) is 0. The molecular formula is C21H24O6. The molecule has 0 saturated carbocycles. The number of ketones is 1. The van der Waals surface area contributed by atoms with Crippen LogP contribution in [0.1, 0.15) is 40.1 Å². The quantitative estimate of drug-likeness (QED) is 0.583. The van der Waals surface area contributed by atoms with Crippen LogP contribution in [0.5, 0.6) is 0 Å². The van der Waals surface area contributed by atoms with Gasteiger partial charge < -0.3 is 25.2 Å². The minimum absolute atomic E-state index is 0.0196. The summed E-state index contributed by atoms with van der Waals surface area (Å²) in [5.41, 5.74) is 3.32. The van der Waals surface area contributed by atoms with Crippen LogP contribution in [0.2, 0.25) is 0 Å². The highest BCUT2D eigenvalue weighted by Crippen LogP contribution is 2.32. The van der Waals surface area contributed by atoms with Crippen molar-refractivity contribution in [2.75, 3.05) is 6.61 Å². The molecule has 1 aliphatic heterocycles. The minimum Gasteiger partial charge on any atom is -0.394 e. The van der Waals surface area contributed by atoms with Gasteiger partial charge in [0, 0.05) is 5.56 Å². The van der Waals surface area contributed by atoms with Crippen molar-refractivity contribution in [2.24, 2.45) is 0 Å². The average molecular weight is 372 g/mol. The minimum atomic E-state index is -1.40. The van der Waals surface area contributed by atoms with E-state index in [1.807, 2.05) is 30.3 Å². The summed E-state index contributed by atoms with van der Waals surface area (Å²) in [4.78, 5) is 11.4. The Morgan fingerprint density at radius 2 is 1.67 bits per heavy atom. The average Bonchev–Trinajstić information content (AvgIpc) is 2.67. The molecule has 1 saturated heterocycles. The van der Waals surface area contributed by atoms with Crippen LogP contribution < -0.4 is 0 Å². The first kappa shape index (κ1) is 19.7. The third-order valence-corrected chi connectivity index (χ3v) is 4.94. The molecule has 1 aliphatic rings. The molecule has 0 aromatic heterocycles. The first-order chi connectivity index (χ1) is 12.9. The van der Waals surface area contributed by atoms with Gasteiger partial charge in [0.15, 0.2) is 5.78 Å². The summed E-state index contributed by atoms with van der Waals surface area (Å²) in [6, 6.07) is 14.8. The Labute approximate surface area is 157 Å². The third kappa shape index (κ3) is 4.26. The van der Waals surface area contributed by atoms with Gasteiger partial charge in [0.2, 0.25) is 0 Å². The Morgan fingerprint density at radius 3 is 2.30 bits per heavy atom. The van der Waals surface area contributed by atoms with E-state index in [4.69, 9.17) is 4.74 Å². The molecule has 2 aromatic carbocycles. The molecule has 6 heteroatoms. The van der Waals surface area contributed by atoms with E-state index in [2.05, 4.69) is 0 Å². The van der Waals surface area contributed by atoms with Crippen molar-refractivity contribution in [3.63, 3.8) is 0 Å². The molecule has 5 unspecified atom stereocenters. The van der Waals surface area contributed by atoms with E-state index < -0.39 is 37.1 Å². The predicted octanol–water partition coefficient (Wildman–Crippen LogP) is 0.995. The number of hydrogen-bond donors (Lipinski definition) is 4. The van der Waals surface area contributed by atoms with Crippen LogP contribution in [0.15, 0.2) is 48.5 Å². The Bertz CT molecular complexity index is 786. The fourth-order valence-electron chi connectivity index (χ4n) is 3.35. The van der Waals surface area contributed by atoms with E-state index in [9.17, 15) is 25.2 Å². The molecular weight excluding hydrogens is 348 g/mol. The first-order valence-corrected chi connectivity index (χ1v) is 8.90. The molecule has 1 heterocycles. The standard InChI is InChI=1S/C21H24O6/c1-12(23)15-7-5-13(6-8-15)9-14-3-2-4-16(10-14)21-20(26)19(25)18(24)17(11-22)27-21/h2-8,10,17-22,24-26H,9,11H2,1H3. The predicted molar refractivity (Wildman–Crippen MR) is 98.4 cm³/mol. The zero-order valence-corrected chi connectivity index (χ0v) is 15.0. The van der Waals surface area contributed by atoms with Crippen molar-refractivity contribution in [2.45, 2.75) is 43.9 Å².